The first kappa shape index (κ1) is 58.1. The number of esters is 3. The predicted molar refractivity (Wildman–Crippen MR) is 265 cm³/mol. The molecule has 6 heteroatoms. The van der Waals surface area contributed by atoms with Crippen LogP contribution in [0.15, 0.2) is 109 Å². The van der Waals surface area contributed by atoms with Gasteiger partial charge in [0.2, 0.25) is 0 Å². The molecule has 0 bridgehead atoms. The molecule has 1 unspecified atom stereocenters. The molecule has 0 aromatic carbocycles. The summed E-state index contributed by atoms with van der Waals surface area (Å²) in [4.78, 5) is 37.9. The quantitative estimate of drug-likeness (QED) is 0.0200. The average Bonchev–Trinajstić information content (AvgIpc) is 3.27. The number of allylic oxidation sites excluding steroid dienone is 18. The lowest BCUT2D eigenvalue weighted by Crippen LogP contribution is -2.30. The zero-order chi connectivity index (χ0) is 45.1. The van der Waals surface area contributed by atoms with Crippen molar-refractivity contribution in [3.63, 3.8) is 0 Å². The van der Waals surface area contributed by atoms with Crippen molar-refractivity contribution in [3.8, 4) is 0 Å². The van der Waals surface area contributed by atoms with Crippen molar-refractivity contribution in [1.82, 2.24) is 0 Å². The Kier molecular flexibility index (Phi) is 46.6. The molecule has 0 aliphatic carbocycles. The Bertz CT molecular complexity index is 1310. The van der Waals surface area contributed by atoms with Gasteiger partial charge in [0.1, 0.15) is 13.2 Å². The van der Waals surface area contributed by atoms with Crippen molar-refractivity contribution in [2.24, 2.45) is 0 Å². The normalized spacial score (nSPS) is 13.0. The van der Waals surface area contributed by atoms with Crippen LogP contribution in [0.3, 0.4) is 0 Å². The molecule has 0 fully saturated rings. The minimum absolute atomic E-state index is 0.105. The first-order valence-electron chi connectivity index (χ1n) is 24.9. The van der Waals surface area contributed by atoms with Gasteiger partial charge in [-0.2, -0.15) is 0 Å². The Hall–Kier alpha value is -3.93. The second-order valence-electron chi connectivity index (χ2n) is 16.1. The molecule has 0 saturated heterocycles. The van der Waals surface area contributed by atoms with Gasteiger partial charge in [0, 0.05) is 19.3 Å². The standard InChI is InChI=1S/C56H90O6/c1-4-7-10-13-16-19-22-25-26-27-28-29-30-32-34-37-40-43-46-49-55(58)61-52-53(51-60-54(57)48-45-42-39-36-33-24-21-18-15-12-9-6-3)62-56(59)50-47-44-41-38-35-31-23-20-17-14-11-8-5-2/h7-8,10-11,14,16-17,19-20,23,25-26,28-29,31-32,34-35,53H,4-6,9,12-13,15,18,21-22,24,27,30,33,36-52H2,1-3H3/b10-7-,11-8-,17-14-,19-16-,23-20-,26-25-,29-28-,34-32-,35-31-. The molecule has 6 nitrogen and oxygen atoms in total. The van der Waals surface area contributed by atoms with Crippen LogP contribution in [-0.2, 0) is 28.6 Å². The van der Waals surface area contributed by atoms with Gasteiger partial charge in [-0.15, -0.1) is 0 Å². The first-order chi connectivity index (χ1) is 30.5. The van der Waals surface area contributed by atoms with Gasteiger partial charge in [0.15, 0.2) is 6.10 Å². The predicted octanol–water partition coefficient (Wildman–Crippen LogP) is 16.4. The molecule has 0 aliphatic rings. The van der Waals surface area contributed by atoms with Crippen LogP contribution in [0.2, 0.25) is 0 Å². The molecule has 0 amide bonds. The summed E-state index contributed by atoms with van der Waals surface area (Å²) in [6, 6.07) is 0. The van der Waals surface area contributed by atoms with E-state index in [2.05, 4.69) is 93.7 Å². The fourth-order valence-corrected chi connectivity index (χ4v) is 6.42. The number of hydrogen-bond donors (Lipinski definition) is 0. The van der Waals surface area contributed by atoms with Crippen LogP contribution in [-0.4, -0.2) is 37.2 Å². The number of unbranched alkanes of at least 4 members (excludes halogenated alkanes) is 17. The van der Waals surface area contributed by atoms with Gasteiger partial charge in [0.25, 0.3) is 0 Å². The van der Waals surface area contributed by atoms with Crippen LogP contribution >= 0.6 is 0 Å². The van der Waals surface area contributed by atoms with E-state index in [0.29, 0.717) is 19.3 Å². The number of hydrogen-bond acceptors (Lipinski definition) is 6. The van der Waals surface area contributed by atoms with Crippen LogP contribution in [0, 0.1) is 0 Å². The lowest BCUT2D eigenvalue weighted by Gasteiger charge is -2.18. The van der Waals surface area contributed by atoms with Gasteiger partial charge in [-0.1, -0.05) is 214 Å². The Morgan fingerprint density at radius 2 is 0.710 bits per heavy atom. The summed E-state index contributed by atoms with van der Waals surface area (Å²) in [5.74, 6) is -0.985. The molecule has 0 spiro atoms. The van der Waals surface area contributed by atoms with Gasteiger partial charge >= 0.3 is 17.9 Å². The molecule has 0 N–H and O–H groups in total. The third-order valence-electron chi connectivity index (χ3n) is 10.1. The van der Waals surface area contributed by atoms with Crippen molar-refractivity contribution >= 4 is 17.9 Å². The maximum Gasteiger partial charge on any atom is 0.306 e. The molecule has 0 saturated carbocycles. The van der Waals surface area contributed by atoms with E-state index >= 15 is 0 Å². The molecule has 0 heterocycles. The van der Waals surface area contributed by atoms with E-state index < -0.39 is 6.10 Å². The van der Waals surface area contributed by atoms with Crippen molar-refractivity contribution in [1.29, 1.82) is 0 Å². The molecule has 0 radical (unpaired) electrons. The van der Waals surface area contributed by atoms with Crippen LogP contribution in [0.4, 0.5) is 0 Å². The minimum Gasteiger partial charge on any atom is -0.462 e. The fourth-order valence-electron chi connectivity index (χ4n) is 6.42. The summed E-state index contributed by atoms with van der Waals surface area (Å²) in [6.45, 7) is 6.30. The van der Waals surface area contributed by atoms with Gasteiger partial charge in [-0.3, -0.25) is 14.4 Å². The number of carbonyl (C=O) groups excluding carboxylic acids is 3. The van der Waals surface area contributed by atoms with Gasteiger partial charge < -0.3 is 14.2 Å². The van der Waals surface area contributed by atoms with Crippen LogP contribution in [0.1, 0.15) is 207 Å². The molecular formula is C56H90O6. The zero-order valence-electron chi connectivity index (χ0n) is 39.8. The summed E-state index contributed by atoms with van der Waals surface area (Å²) in [5.41, 5.74) is 0. The summed E-state index contributed by atoms with van der Waals surface area (Å²) >= 11 is 0. The third-order valence-corrected chi connectivity index (χ3v) is 10.1. The summed E-state index contributed by atoms with van der Waals surface area (Å²) in [7, 11) is 0. The maximum atomic E-state index is 12.7. The second-order valence-corrected chi connectivity index (χ2v) is 16.1. The van der Waals surface area contributed by atoms with Gasteiger partial charge in [0.05, 0.1) is 0 Å². The average molecular weight is 859 g/mol. The molecule has 0 aliphatic heterocycles. The molecule has 0 aromatic rings. The van der Waals surface area contributed by atoms with E-state index in [0.717, 1.165) is 103 Å². The maximum absolute atomic E-state index is 12.7. The van der Waals surface area contributed by atoms with Gasteiger partial charge in [-0.05, 0) is 83.5 Å². The number of rotatable bonds is 43. The van der Waals surface area contributed by atoms with Crippen LogP contribution in [0.5, 0.6) is 0 Å². The highest BCUT2D eigenvalue weighted by Gasteiger charge is 2.19. The third kappa shape index (κ3) is 47.1. The SMILES string of the molecule is CC\C=C/C=C\C=C/C=C\CCCCCC(=O)OC(COC(=O)CCCCC/C=C\C/C=C\C/C=C\C/C=C\C/C=C\CC)COC(=O)CCCCCCCCCCCCCC. The highest BCUT2D eigenvalue weighted by molar-refractivity contribution is 5.71. The highest BCUT2D eigenvalue weighted by Crippen LogP contribution is 2.14. The fraction of sp³-hybridized carbons (Fsp3) is 0.625. The lowest BCUT2D eigenvalue weighted by molar-refractivity contribution is -0.167. The zero-order valence-corrected chi connectivity index (χ0v) is 39.8. The van der Waals surface area contributed by atoms with Crippen molar-refractivity contribution in [2.45, 2.75) is 213 Å². The van der Waals surface area contributed by atoms with Gasteiger partial charge in [-0.25, -0.2) is 0 Å². The smallest absolute Gasteiger partial charge is 0.306 e. The van der Waals surface area contributed by atoms with E-state index in [4.69, 9.17) is 14.2 Å². The molecular weight excluding hydrogens is 769 g/mol. The van der Waals surface area contributed by atoms with E-state index in [1.165, 1.54) is 57.8 Å². The van der Waals surface area contributed by atoms with E-state index in [-0.39, 0.29) is 37.5 Å². The summed E-state index contributed by atoms with van der Waals surface area (Å²) in [5, 5.41) is 0. The molecule has 0 rings (SSSR count). The van der Waals surface area contributed by atoms with Crippen LogP contribution < -0.4 is 0 Å². The number of carbonyl (C=O) groups is 3. The Balaban J connectivity index is 4.50. The van der Waals surface area contributed by atoms with E-state index in [1.54, 1.807) is 0 Å². The highest BCUT2D eigenvalue weighted by atomic mass is 16.6. The minimum atomic E-state index is -0.811. The summed E-state index contributed by atoms with van der Waals surface area (Å²) < 4.78 is 16.7. The van der Waals surface area contributed by atoms with Crippen molar-refractivity contribution < 1.29 is 28.6 Å². The summed E-state index contributed by atoms with van der Waals surface area (Å²) in [6.07, 6.45) is 66.4. The Morgan fingerprint density at radius 1 is 0.355 bits per heavy atom. The largest absolute Gasteiger partial charge is 0.462 e. The van der Waals surface area contributed by atoms with Crippen LogP contribution in [0.25, 0.3) is 0 Å². The van der Waals surface area contributed by atoms with E-state index in [1.807, 2.05) is 36.5 Å². The molecule has 0 aromatic heterocycles. The Labute approximate surface area is 380 Å². The van der Waals surface area contributed by atoms with E-state index in [9.17, 15) is 14.4 Å². The molecule has 350 valence electrons. The molecule has 62 heavy (non-hydrogen) atoms. The second kappa shape index (κ2) is 49.7. The van der Waals surface area contributed by atoms with Crippen molar-refractivity contribution in [2.75, 3.05) is 13.2 Å². The Morgan fingerprint density at radius 3 is 1.18 bits per heavy atom. The monoisotopic (exact) mass is 859 g/mol. The first-order valence-corrected chi connectivity index (χ1v) is 24.9. The lowest BCUT2D eigenvalue weighted by atomic mass is 10.0. The topological polar surface area (TPSA) is 78.9 Å². The van der Waals surface area contributed by atoms with Crippen molar-refractivity contribution in [3.05, 3.63) is 109 Å². The number of ether oxygens (including phenoxy) is 3. The molecule has 1 atom stereocenters.